The molecule has 0 bridgehead atoms. The Kier molecular flexibility index (Phi) is 6.15. The molecule has 0 unspecified atom stereocenters. The normalized spacial score (nSPS) is 11.7. The quantitative estimate of drug-likeness (QED) is 0.195. The monoisotopic (exact) mass is 625 g/mol. The zero-order valence-electron chi connectivity index (χ0n) is 26.3. The molecule has 0 saturated heterocycles. The standard InChI is InChI=1S/C45H27N3O/c1-3-15-31-28(11-1)13-9-20-33(31)36-25-26-40(35-18-6-5-17-34(35)36)45-47-43(30-23-24-38-37-19-7-8-22-41(37)49-42(38)27-30)46-44(48-45)39-21-10-14-29-12-2-4-16-32(29)39/h1-27H. The Morgan fingerprint density at radius 2 is 0.776 bits per heavy atom. The van der Waals surface area contributed by atoms with Gasteiger partial charge in [0.1, 0.15) is 11.2 Å². The van der Waals surface area contributed by atoms with E-state index in [9.17, 15) is 0 Å². The number of rotatable bonds is 4. The van der Waals surface area contributed by atoms with Crippen molar-refractivity contribution in [3.8, 4) is 45.3 Å². The van der Waals surface area contributed by atoms with Crippen LogP contribution in [0.5, 0.6) is 0 Å². The summed E-state index contributed by atoms with van der Waals surface area (Å²) in [5.41, 5.74) is 6.83. The third-order valence-electron chi connectivity index (χ3n) is 9.55. The number of hydrogen-bond donors (Lipinski definition) is 0. The number of benzene rings is 8. The van der Waals surface area contributed by atoms with E-state index >= 15 is 0 Å². The first-order valence-corrected chi connectivity index (χ1v) is 16.4. The van der Waals surface area contributed by atoms with E-state index in [0.29, 0.717) is 17.5 Å². The molecule has 0 atom stereocenters. The lowest BCUT2D eigenvalue weighted by atomic mass is 9.92. The van der Waals surface area contributed by atoms with Gasteiger partial charge in [-0.25, -0.2) is 15.0 Å². The fourth-order valence-electron chi connectivity index (χ4n) is 7.22. The van der Waals surface area contributed by atoms with E-state index in [2.05, 4.69) is 140 Å². The van der Waals surface area contributed by atoms with Crippen LogP contribution in [0.3, 0.4) is 0 Å². The maximum Gasteiger partial charge on any atom is 0.164 e. The summed E-state index contributed by atoms with van der Waals surface area (Å²) in [5.74, 6) is 1.85. The van der Waals surface area contributed by atoms with Gasteiger partial charge in [0.05, 0.1) is 0 Å². The molecule has 0 saturated carbocycles. The van der Waals surface area contributed by atoms with Gasteiger partial charge >= 0.3 is 0 Å². The number of nitrogens with zero attached hydrogens (tertiary/aromatic N) is 3. The molecule has 0 spiro atoms. The summed E-state index contributed by atoms with van der Waals surface area (Å²) in [7, 11) is 0. The minimum atomic E-state index is 0.595. The van der Waals surface area contributed by atoms with Crippen LogP contribution >= 0.6 is 0 Å². The second-order valence-electron chi connectivity index (χ2n) is 12.4. The predicted molar refractivity (Wildman–Crippen MR) is 201 cm³/mol. The molecule has 0 radical (unpaired) electrons. The molecule has 0 fully saturated rings. The number of aromatic nitrogens is 3. The van der Waals surface area contributed by atoms with Crippen LogP contribution in [-0.2, 0) is 0 Å². The van der Waals surface area contributed by atoms with Gasteiger partial charge in [-0.1, -0.05) is 140 Å². The average molecular weight is 626 g/mol. The van der Waals surface area contributed by atoms with Gasteiger partial charge in [-0.15, -0.1) is 0 Å². The molecule has 0 amide bonds. The van der Waals surface area contributed by atoms with Gasteiger partial charge in [-0.2, -0.15) is 0 Å². The van der Waals surface area contributed by atoms with Crippen LogP contribution in [-0.4, -0.2) is 15.0 Å². The number of hydrogen-bond acceptors (Lipinski definition) is 4. The molecule has 0 aliphatic rings. The van der Waals surface area contributed by atoms with Crippen LogP contribution in [0.2, 0.25) is 0 Å². The highest BCUT2D eigenvalue weighted by Gasteiger charge is 2.18. The third kappa shape index (κ3) is 4.49. The summed E-state index contributed by atoms with van der Waals surface area (Å²) in [6.45, 7) is 0. The van der Waals surface area contributed by atoms with Crippen LogP contribution in [0.25, 0.3) is 99.5 Å². The Morgan fingerprint density at radius 1 is 0.306 bits per heavy atom. The molecular formula is C45H27N3O. The molecule has 4 nitrogen and oxygen atoms in total. The van der Waals surface area contributed by atoms with Crippen molar-refractivity contribution in [1.82, 2.24) is 15.0 Å². The van der Waals surface area contributed by atoms with E-state index < -0.39 is 0 Å². The van der Waals surface area contributed by atoms with Gasteiger partial charge in [0.25, 0.3) is 0 Å². The van der Waals surface area contributed by atoms with Crippen molar-refractivity contribution in [2.24, 2.45) is 0 Å². The molecule has 10 aromatic rings. The number of furan rings is 1. The van der Waals surface area contributed by atoms with Crippen molar-refractivity contribution in [1.29, 1.82) is 0 Å². The number of fused-ring (bicyclic) bond motifs is 6. The molecular weight excluding hydrogens is 599 g/mol. The average Bonchev–Trinajstić information content (AvgIpc) is 3.55. The largest absolute Gasteiger partial charge is 0.456 e. The molecule has 10 rings (SSSR count). The summed E-state index contributed by atoms with van der Waals surface area (Å²) < 4.78 is 6.27. The van der Waals surface area contributed by atoms with Crippen LogP contribution in [0.4, 0.5) is 0 Å². The van der Waals surface area contributed by atoms with Gasteiger partial charge < -0.3 is 4.42 Å². The van der Waals surface area contributed by atoms with Gasteiger partial charge in [0, 0.05) is 27.5 Å². The fraction of sp³-hybridized carbons (Fsp3) is 0. The van der Waals surface area contributed by atoms with E-state index in [1.807, 2.05) is 24.3 Å². The minimum absolute atomic E-state index is 0.595. The second-order valence-corrected chi connectivity index (χ2v) is 12.4. The van der Waals surface area contributed by atoms with Crippen LogP contribution < -0.4 is 0 Å². The third-order valence-corrected chi connectivity index (χ3v) is 9.55. The summed E-state index contributed by atoms with van der Waals surface area (Å²) in [4.78, 5) is 15.5. The zero-order chi connectivity index (χ0) is 32.3. The second kappa shape index (κ2) is 11.0. The maximum atomic E-state index is 6.27. The summed E-state index contributed by atoms with van der Waals surface area (Å²) in [6, 6.07) is 57.0. The molecule has 8 aromatic carbocycles. The van der Waals surface area contributed by atoms with Crippen molar-refractivity contribution in [3.63, 3.8) is 0 Å². The first-order chi connectivity index (χ1) is 24.3. The van der Waals surface area contributed by atoms with E-state index in [1.54, 1.807) is 0 Å². The topological polar surface area (TPSA) is 51.8 Å². The molecule has 2 heterocycles. The summed E-state index contributed by atoms with van der Waals surface area (Å²) >= 11 is 0. The highest BCUT2D eigenvalue weighted by atomic mass is 16.3. The lowest BCUT2D eigenvalue weighted by Gasteiger charge is -2.14. The Morgan fingerprint density at radius 3 is 1.51 bits per heavy atom. The Hall–Kier alpha value is -6.65. The highest BCUT2D eigenvalue weighted by molar-refractivity contribution is 6.09. The molecule has 2 aromatic heterocycles. The maximum absolute atomic E-state index is 6.27. The molecule has 228 valence electrons. The summed E-state index contributed by atoms with van der Waals surface area (Å²) in [5, 5.41) is 9.07. The molecule has 49 heavy (non-hydrogen) atoms. The van der Waals surface area contributed by atoms with Crippen molar-refractivity contribution < 1.29 is 4.42 Å². The van der Waals surface area contributed by atoms with Crippen molar-refractivity contribution in [2.45, 2.75) is 0 Å². The molecule has 0 aliphatic heterocycles. The van der Waals surface area contributed by atoms with Crippen LogP contribution in [0.15, 0.2) is 168 Å². The SMILES string of the molecule is c1ccc2c(-c3nc(-c4ccc5c(c4)oc4ccccc45)nc(-c4ccc(-c5cccc6ccccc56)c5ccccc45)n3)cccc2c1. The molecule has 0 aliphatic carbocycles. The van der Waals surface area contributed by atoms with Gasteiger partial charge in [0.2, 0.25) is 0 Å². The Bertz CT molecular complexity index is 2890. The fourth-order valence-corrected chi connectivity index (χ4v) is 7.22. The summed E-state index contributed by atoms with van der Waals surface area (Å²) in [6.07, 6.45) is 0. The van der Waals surface area contributed by atoms with E-state index in [0.717, 1.165) is 60.2 Å². The van der Waals surface area contributed by atoms with E-state index in [4.69, 9.17) is 19.4 Å². The lowest BCUT2D eigenvalue weighted by Crippen LogP contribution is -2.01. The number of para-hydroxylation sites is 1. The zero-order valence-corrected chi connectivity index (χ0v) is 26.3. The van der Waals surface area contributed by atoms with Gasteiger partial charge in [0.15, 0.2) is 17.5 Å². The molecule has 4 heteroatoms. The van der Waals surface area contributed by atoms with Crippen molar-refractivity contribution >= 4 is 54.3 Å². The minimum Gasteiger partial charge on any atom is -0.456 e. The van der Waals surface area contributed by atoms with Crippen molar-refractivity contribution in [3.05, 3.63) is 164 Å². The smallest absolute Gasteiger partial charge is 0.164 e. The van der Waals surface area contributed by atoms with Gasteiger partial charge in [-0.3, -0.25) is 0 Å². The lowest BCUT2D eigenvalue weighted by molar-refractivity contribution is 0.669. The predicted octanol–water partition coefficient (Wildman–Crippen LogP) is 11.9. The Balaban J connectivity index is 1.22. The van der Waals surface area contributed by atoms with Crippen molar-refractivity contribution in [2.75, 3.05) is 0 Å². The first-order valence-electron chi connectivity index (χ1n) is 16.4. The molecule has 0 N–H and O–H groups in total. The first kappa shape index (κ1) is 27.5. The Labute approximate surface area is 282 Å². The van der Waals surface area contributed by atoms with Crippen LogP contribution in [0.1, 0.15) is 0 Å². The van der Waals surface area contributed by atoms with E-state index in [-0.39, 0.29) is 0 Å². The van der Waals surface area contributed by atoms with Crippen LogP contribution in [0, 0.1) is 0 Å². The highest BCUT2D eigenvalue weighted by Crippen LogP contribution is 2.39. The van der Waals surface area contributed by atoms with Gasteiger partial charge in [-0.05, 0) is 67.7 Å². The van der Waals surface area contributed by atoms with E-state index in [1.165, 1.54) is 21.9 Å².